The van der Waals surface area contributed by atoms with Gasteiger partial charge < -0.3 is 15.4 Å². The summed E-state index contributed by atoms with van der Waals surface area (Å²) in [6.07, 6.45) is 0. The largest absolute Gasteiger partial charge is 0.484 e. The molecule has 0 heterocycles. The van der Waals surface area contributed by atoms with E-state index in [9.17, 15) is 18.4 Å². The predicted octanol–water partition coefficient (Wildman–Crippen LogP) is 2.10. The Bertz CT molecular complexity index is 765. The molecule has 2 N–H and O–H groups in total. The zero-order valence-electron chi connectivity index (χ0n) is 13.0. The number of ether oxygens (including phenoxy) is 1. The van der Waals surface area contributed by atoms with E-state index in [-0.39, 0.29) is 24.6 Å². The average molecular weight is 334 g/mol. The molecule has 0 aliphatic rings. The van der Waals surface area contributed by atoms with E-state index >= 15 is 0 Å². The normalized spacial score (nSPS) is 10.3. The summed E-state index contributed by atoms with van der Waals surface area (Å²) in [6, 6.07) is 9.40. The number of hydrogen-bond donors (Lipinski definition) is 1. The molecule has 0 aliphatic heterocycles. The number of nitrogens with zero attached hydrogens (tertiary/aromatic N) is 1. The number of nitrogens with two attached hydrogens (primary N) is 1. The highest BCUT2D eigenvalue weighted by atomic mass is 19.1. The standard InChI is InChI=1S/C17H16F2N2O3/c1-21(9-12-5-6-13(18)8-15(12)19)17(23)11-3-2-4-14(7-11)24-10-16(20)22/h2-8H,9-10H2,1H3,(H2,20,22). The lowest BCUT2D eigenvalue weighted by Crippen LogP contribution is -2.26. The van der Waals surface area contributed by atoms with Crippen LogP contribution in [0.2, 0.25) is 0 Å². The van der Waals surface area contributed by atoms with E-state index < -0.39 is 17.5 Å². The SMILES string of the molecule is CN(Cc1ccc(F)cc1F)C(=O)c1cccc(OCC(N)=O)c1. The Hall–Kier alpha value is -2.96. The van der Waals surface area contributed by atoms with Crippen LogP contribution in [0.25, 0.3) is 0 Å². The van der Waals surface area contributed by atoms with Crippen molar-refractivity contribution < 1.29 is 23.1 Å². The third kappa shape index (κ3) is 4.52. The molecule has 0 saturated carbocycles. The van der Waals surface area contributed by atoms with Gasteiger partial charge in [0.05, 0.1) is 0 Å². The van der Waals surface area contributed by atoms with Gasteiger partial charge in [-0.2, -0.15) is 0 Å². The lowest BCUT2D eigenvalue weighted by atomic mass is 10.1. The highest BCUT2D eigenvalue weighted by Crippen LogP contribution is 2.17. The summed E-state index contributed by atoms with van der Waals surface area (Å²) in [5.41, 5.74) is 5.51. The zero-order chi connectivity index (χ0) is 17.7. The fraction of sp³-hybridized carbons (Fsp3) is 0.176. The van der Waals surface area contributed by atoms with Crippen LogP contribution in [0.5, 0.6) is 5.75 Å². The molecule has 7 heteroatoms. The summed E-state index contributed by atoms with van der Waals surface area (Å²) < 4.78 is 31.7. The summed E-state index contributed by atoms with van der Waals surface area (Å²) >= 11 is 0. The third-order valence-electron chi connectivity index (χ3n) is 3.23. The van der Waals surface area contributed by atoms with Gasteiger partial charge >= 0.3 is 0 Å². The van der Waals surface area contributed by atoms with Crippen molar-refractivity contribution in [3.05, 3.63) is 65.2 Å². The van der Waals surface area contributed by atoms with E-state index in [0.29, 0.717) is 11.3 Å². The minimum absolute atomic E-state index is 0.0166. The minimum Gasteiger partial charge on any atom is -0.484 e. The van der Waals surface area contributed by atoms with Gasteiger partial charge in [0.15, 0.2) is 6.61 Å². The number of rotatable bonds is 6. The molecule has 0 radical (unpaired) electrons. The first kappa shape index (κ1) is 17.4. The van der Waals surface area contributed by atoms with Gasteiger partial charge in [0.2, 0.25) is 0 Å². The predicted molar refractivity (Wildman–Crippen MR) is 83.3 cm³/mol. The van der Waals surface area contributed by atoms with Gasteiger partial charge in [0.1, 0.15) is 17.4 Å². The fourth-order valence-corrected chi connectivity index (χ4v) is 2.07. The molecular weight excluding hydrogens is 318 g/mol. The van der Waals surface area contributed by atoms with E-state index in [1.165, 1.54) is 24.1 Å². The van der Waals surface area contributed by atoms with Crippen LogP contribution < -0.4 is 10.5 Å². The maximum absolute atomic E-state index is 13.7. The van der Waals surface area contributed by atoms with Gasteiger partial charge in [-0.15, -0.1) is 0 Å². The summed E-state index contributed by atoms with van der Waals surface area (Å²) in [4.78, 5) is 24.4. The monoisotopic (exact) mass is 334 g/mol. The third-order valence-corrected chi connectivity index (χ3v) is 3.23. The van der Waals surface area contributed by atoms with E-state index in [2.05, 4.69) is 0 Å². The Morgan fingerprint density at radius 1 is 1.17 bits per heavy atom. The molecule has 0 atom stereocenters. The van der Waals surface area contributed by atoms with Crippen LogP contribution >= 0.6 is 0 Å². The van der Waals surface area contributed by atoms with E-state index in [4.69, 9.17) is 10.5 Å². The van der Waals surface area contributed by atoms with Crippen LogP contribution in [0.4, 0.5) is 8.78 Å². The first-order chi connectivity index (χ1) is 11.4. The maximum atomic E-state index is 13.7. The highest BCUT2D eigenvalue weighted by molar-refractivity contribution is 5.94. The topological polar surface area (TPSA) is 72.6 Å². The second kappa shape index (κ2) is 7.54. The molecule has 126 valence electrons. The number of carbonyl (C=O) groups is 2. The summed E-state index contributed by atoms with van der Waals surface area (Å²) in [5.74, 6) is -2.07. The van der Waals surface area contributed by atoms with Crippen molar-refractivity contribution in [3.63, 3.8) is 0 Å². The molecular formula is C17H16F2N2O3. The molecule has 2 amide bonds. The van der Waals surface area contributed by atoms with Crippen molar-refractivity contribution in [1.29, 1.82) is 0 Å². The zero-order valence-corrected chi connectivity index (χ0v) is 13.0. The Balaban J connectivity index is 2.09. The van der Waals surface area contributed by atoms with Gasteiger partial charge in [-0.05, 0) is 24.3 Å². The smallest absolute Gasteiger partial charge is 0.255 e. The molecule has 2 aromatic rings. The summed E-state index contributed by atoms with van der Waals surface area (Å²) in [6.45, 7) is -0.314. The minimum atomic E-state index is -0.715. The quantitative estimate of drug-likeness (QED) is 0.879. The van der Waals surface area contributed by atoms with Crippen molar-refractivity contribution in [2.45, 2.75) is 6.54 Å². The van der Waals surface area contributed by atoms with Crippen LogP contribution in [-0.4, -0.2) is 30.4 Å². The maximum Gasteiger partial charge on any atom is 0.255 e. The Labute approximate surface area is 137 Å². The lowest BCUT2D eigenvalue weighted by Gasteiger charge is -2.18. The van der Waals surface area contributed by atoms with Gasteiger partial charge in [0, 0.05) is 30.8 Å². The van der Waals surface area contributed by atoms with Crippen LogP contribution in [0.1, 0.15) is 15.9 Å². The van der Waals surface area contributed by atoms with Gasteiger partial charge in [-0.25, -0.2) is 8.78 Å². The molecule has 2 rings (SSSR count). The van der Waals surface area contributed by atoms with Crippen molar-refractivity contribution >= 4 is 11.8 Å². The number of halogens is 2. The van der Waals surface area contributed by atoms with Gasteiger partial charge in [-0.3, -0.25) is 9.59 Å². The lowest BCUT2D eigenvalue weighted by molar-refractivity contribution is -0.119. The second-order valence-corrected chi connectivity index (χ2v) is 5.18. The second-order valence-electron chi connectivity index (χ2n) is 5.18. The van der Waals surface area contributed by atoms with Crippen LogP contribution in [-0.2, 0) is 11.3 Å². The molecule has 2 aromatic carbocycles. The van der Waals surface area contributed by atoms with E-state index in [1.807, 2.05) is 0 Å². The summed E-state index contributed by atoms with van der Waals surface area (Å²) in [7, 11) is 1.50. The fourth-order valence-electron chi connectivity index (χ4n) is 2.07. The molecule has 0 saturated heterocycles. The first-order valence-electron chi connectivity index (χ1n) is 7.07. The van der Waals surface area contributed by atoms with Crippen LogP contribution in [0.15, 0.2) is 42.5 Å². The van der Waals surface area contributed by atoms with Crippen LogP contribution in [0, 0.1) is 11.6 Å². The van der Waals surface area contributed by atoms with Gasteiger partial charge in [-0.1, -0.05) is 12.1 Å². The average Bonchev–Trinajstić information content (AvgIpc) is 2.55. The number of amides is 2. The van der Waals surface area contributed by atoms with Crippen molar-refractivity contribution in [2.24, 2.45) is 5.73 Å². The Morgan fingerprint density at radius 3 is 2.58 bits per heavy atom. The number of primary amides is 1. The van der Waals surface area contributed by atoms with Gasteiger partial charge in [0.25, 0.3) is 11.8 Å². The molecule has 24 heavy (non-hydrogen) atoms. The molecule has 5 nitrogen and oxygen atoms in total. The van der Waals surface area contributed by atoms with Crippen molar-refractivity contribution in [1.82, 2.24) is 4.90 Å². The number of benzene rings is 2. The first-order valence-corrected chi connectivity index (χ1v) is 7.07. The number of hydrogen-bond acceptors (Lipinski definition) is 3. The number of carbonyl (C=O) groups excluding carboxylic acids is 2. The molecule has 0 aliphatic carbocycles. The molecule has 0 fully saturated rings. The Kier molecular flexibility index (Phi) is 5.47. The van der Waals surface area contributed by atoms with Crippen LogP contribution in [0.3, 0.4) is 0 Å². The molecule has 0 unspecified atom stereocenters. The Morgan fingerprint density at radius 2 is 1.92 bits per heavy atom. The summed E-state index contributed by atoms with van der Waals surface area (Å²) in [5, 5.41) is 0. The van der Waals surface area contributed by atoms with E-state index in [0.717, 1.165) is 12.1 Å². The molecule has 0 spiro atoms. The van der Waals surface area contributed by atoms with Crippen molar-refractivity contribution in [3.8, 4) is 5.75 Å². The van der Waals surface area contributed by atoms with Crippen molar-refractivity contribution in [2.75, 3.05) is 13.7 Å². The highest BCUT2D eigenvalue weighted by Gasteiger charge is 2.15. The van der Waals surface area contributed by atoms with E-state index in [1.54, 1.807) is 18.2 Å². The molecule has 0 aromatic heterocycles. The molecule has 0 bridgehead atoms.